The molecular weight excluding hydrogens is 787 g/mol. The van der Waals surface area contributed by atoms with E-state index in [1.807, 2.05) is 35.6 Å². The summed E-state index contributed by atoms with van der Waals surface area (Å²) < 4.78 is 7.40. The Labute approximate surface area is 366 Å². The van der Waals surface area contributed by atoms with E-state index in [0.29, 0.717) is 17.5 Å². The molecule has 0 radical (unpaired) electrons. The third-order valence-corrected chi connectivity index (χ3v) is 13.6. The molecule has 13 rings (SSSR count). The second-order valence-electron chi connectivity index (χ2n) is 16.0. The van der Waals surface area contributed by atoms with Crippen molar-refractivity contribution in [3.63, 3.8) is 0 Å². The summed E-state index contributed by atoms with van der Waals surface area (Å²) >= 11 is 1.88. The van der Waals surface area contributed by atoms with Gasteiger partial charge < -0.3 is 9.13 Å². The molecule has 9 aromatic carbocycles. The van der Waals surface area contributed by atoms with Crippen LogP contribution in [0.3, 0.4) is 0 Å². The van der Waals surface area contributed by atoms with Crippen molar-refractivity contribution in [3.8, 4) is 56.7 Å². The van der Waals surface area contributed by atoms with Crippen LogP contribution in [-0.4, -0.2) is 24.1 Å². The number of aromatic nitrogens is 5. The van der Waals surface area contributed by atoms with Gasteiger partial charge in [-0.05, 0) is 47.5 Å². The van der Waals surface area contributed by atoms with Gasteiger partial charge in [0, 0.05) is 54.7 Å². The molecule has 4 aromatic heterocycles. The van der Waals surface area contributed by atoms with Crippen molar-refractivity contribution in [2.24, 2.45) is 0 Å². The summed E-state index contributed by atoms with van der Waals surface area (Å²) in [6.07, 6.45) is 0. The zero-order valence-corrected chi connectivity index (χ0v) is 34.7. The molecule has 0 aliphatic heterocycles. The Balaban J connectivity index is 1.04. The number of para-hydroxylation sites is 3. The van der Waals surface area contributed by atoms with Gasteiger partial charge in [-0.1, -0.05) is 176 Å². The Hall–Kier alpha value is -8.19. The van der Waals surface area contributed by atoms with Crippen molar-refractivity contribution in [1.82, 2.24) is 24.1 Å². The highest BCUT2D eigenvalue weighted by molar-refractivity contribution is 7.27. The first-order valence-corrected chi connectivity index (χ1v) is 22.0. The minimum Gasteiger partial charge on any atom is -0.308 e. The van der Waals surface area contributed by atoms with Crippen LogP contribution >= 0.6 is 11.3 Å². The first-order chi connectivity index (χ1) is 31.2. The van der Waals surface area contributed by atoms with Crippen LogP contribution in [0.15, 0.2) is 212 Å². The molecule has 294 valence electrons. The normalized spacial score (nSPS) is 11.8. The average Bonchev–Trinajstić information content (AvgIpc) is 4.02. The van der Waals surface area contributed by atoms with Crippen LogP contribution in [0.2, 0.25) is 0 Å². The fourth-order valence-corrected chi connectivity index (χ4v) is 10.8. The topological polar surface area (TPSA) is 48.5 Å². The van der Waals surface area contributed by atoms with Gasteiger partial charge in [-0.3, -0.25) is 0 Å². The maximum Gasteiger partial charge on any atom is 0.164 e. The van der Waals surface area contributed by atoms with E-state index < -0.39 is 0 Å². The molecule has 0 saturated heterocycles. The molecule has 0 aliphatic rings. The molecule has 0 spiro atoms. The summed E-state index contributed by atoms with van der Waals surface area (Å²) in [7, 11) is 0. The first kappa shape index (κ1) is 35.6. The number of benzene rings is 9. The molecule has 6 heteroatoms. The average molecular weight is 822 g/mol. The van der Waals surface area contributed by atoms with E-state index in [2.05, 4.69) is 197 Å². The van der Waals surface area contributed by atoms with E-state index in [1.165, 1.54) is 69.5 Å². The van der Waals surface area contributed by atoms with Crippen LogP contribution in [-0.2, 0) is 0 Å². The van der Waals surface area contributed by atoms with E-state index in [4.69, 9.17) is 15.0 Å². The van der Waals surface area contributed by atoms with Crippen molar-refractivity contribution in [1.29, 1.82) is 0 Å². The number of hydrogen-bond acceptors (Lipinski definition) is 4. The summed E-state index contributed by atoms with van der Waals surface area (Å²) in [5, 5.41) is 7.40. The quantitative estimate of drug-likeness (QED) is 0.168. The van der Waals surface area contributed by atoms with Crippen molar-refractivity contribution in [2.45, 2.75) is 0 Å². The van der Waals surface area contributed by atoms with Crippen LogP contribution in [0.5, 0.6) is 0 Å². The Morgan fingerprint density at radius 3 is 1.44 bits per heavy atom. The lowest BCUT2D eigenvalue weighted by Crippen LogP contribution is -2.00. The van der Waals surface area contributed by atoms with Crippen LogP contribution in [0.1, 0.15) is 0 Å². The molecule has 5 nitrogen and oxygen atoms in total. The fourth-order valence-electron chi connectivity index (χ4n) is 9.47. The van der Waals surface area contributed by atoms with Gasteiger partial charge in [-0.15, -0.1) is 11.3 Å². The smallest absolute Gasteiger partial charge is 0.164 e. The van der Waals surface area contributed by atoms with Gasteiger partial charge in [0.15, 0.2) is 17.5 Å². The van der Waals surface area contributed by atoms with Gasteiger partial charge in [0.05, 0.1) is 37.2 Å². The Bertz CT molecular complexity index is 3830. The largest absolute Gasteiger partial charge is 0.308 e. The first-order valence-electron chi connectivity index (χ1n) is 21.2. The molecule has 63 heavy (non-hydrogen) atoms. The van der Waals surface area contributed by atoms with Gasteiger partial charge in [0.2, 0.25) is 0 Å². The maximum atomic E-state index is 5.19. The Kier molecular flexibility index (Phi) is 8.01. The molecule has 0 aliphatic carbocycles. The SMILES string of the molecule is c1ccc(-c2ccc(-c3nc(-c4ccccc4)nc(-c4ccc5c6ccc7c8cccc(-n9c%10ccccc%10c%10ccccc%109)c8sc7c6n(-c6ccccc6)c5c4)n3)cc2)cc1. The Morgan fingerprint density at radius 1 is 0.302 bits per heavy atom. The minimum atomic E-state index is 0.626. The molecule has 0 saturated carbocycles. The molecule has 0 atom stereocenters. The highest BCUT2D eigenvalue weighted by Crippen LogP contribution is 2.46. The highest BCUT2D eigenvalue weighted by atomic mass is 32.1. The highest BCUT2D eigenvalue weighted by Gasteiger charge is 2.22. The monoisotopic (exact) mass is 821 g/mol. The number of nitrogens with zero attached hydrogens (tertiary/aromatic N) is 5. The second kappa shape index (κ2) is 14.2. The Morgan fingerprint density at radius 2 is 0.762 bits per heavy atom. The van der Waals surface area contributed by atoms with Gasteiger partial charge >= 0.3 is 0 Å². The summed E-state index contributed by atoms with van der Waals surface area (Å²) in [5.74, 6) is 1.89. The van der Waals surface area contributed by atoms with Crippen molar-refractivity contribution in [2.75, 3.05) is 0 Å². The van der Waals surface area contributed by atoms with E-state index in [9.17, 15) is 0 Å². The molecular formula is C57H35N5S. The van der Waals surface area contributed by atoms with Crippen LogP contribution in [0.25, 0.3) is 120 Å². The van der Waals surface area contributed by atoms with E-state index in [1.54, 1.807) is 0 Å². The number of thiophene rings is 1. The lowest BCUT2D eigenvalue weighted by atomic mass is 10.0. The lowest BCUT2D eigenvalue weighted by Gasteiger charge is -2.11. The predicted molar refractivity (Wildman–Crippen MR) is 263 cm³/mol. The number of hydrogen-bond donors (Lipinski definition) is 0. The summed E-state index contributed by atoms with van der Waals surface area (Å²) in [6.45, 7) is 0. The van der Waals surface area contributed by atoms with E-state index in [0.717, 1.165) is 33.5 Å². The molecule has 0 fully saturated rings. The van der Waals surface area contributed by atoms with Crippen LogP contribution in [0.4, 0.5) is 0 Å². The number of fused-ring (bicyclic) bond motifs is 10. The van der Waals surface area contributed by atoms with Gasteiger partial charge in [0.25, 0.3) is 0 Å². The van der Waals surface area contributed by atoms with Gasteiger partial charge in [0.1, 0.15) is 0 Å². The zero-order chi connectivity index (χ0) is 41.4. The maximum absolute atomic E-state index is 5.19. The van der Waals surface area contributed by atoms with Gasteiger partial charge in [-0.2, -0.15) is 0 Å². The zero-order valence-electron chi connectivity index (χ0n) is 33.9. The molecule has 13 aromatic rings. The van der Waals surface area contributed by atoms with Crippen molar-refractivity contribution >= 4 is 75.1 Å². The molecule has 0 bridgehead atoms. The lowest BCUT2D eigenvalue weighted by molar-refractivity contribution is 1.07. The van der Waals surface area contributed by atoms with Crippen molar-refractivity contribution in [3.05, 3.63) is 212 Å². The van der Waals surface area contributed by atoms with E-state index in [-0.39, 0.29) is 0 Å². The summed E-state index contributed by atoms with van der Waals surface area (Å²) in [4.78, 5) is 15.4. The van der Waals surface area contributed by atoms with Crippen LogP contribution < -0.4 is 0 Å². The predicted octanol–water partition coefficient (Wildman–Crippen LogP) is 15.1. The summed E-state index contributed by atoms with van der Waals surface area (Å²) in [6, 6.07) is 75.4. The molecule has 0 unspecified atom stereocenters. The van der Waals surface area contributed by atoms with Gasteiger partial charge in [-0.25, -0.2) is 15.0 Å². The standard InChI is InChI=1S/C57H35N5S/c1-4-15-36(16-5-1)37-27-29-39(30-28-37)56-58-55(38-17-6-2-7-18-38)59-57(60-56)40-31-32-44-45-33-34-47-46-23-14-26-50(62-48-24-12-10-21-42(48)43-22-11-13-25-49(43)62)53(46)63-54(47)52(45)61(51(44)35-40)41-19-8-3-9-20-41/h1-35H. The third-order valence-electron chi connectivity index (χ3n) is 12.4. The van der Waals surface area contributed by atoms with Crippen molar-refractivity contribution < 1.29 is 0 Å². The molecule has 4 heterocycles. The minimum absolute atomic E-state index is 0.626. The summed E-state index contributed by atoms with van der Waals surface area (Å²) in [5.41, 5.74) is 12.1. The van der Waals surface area contributed by atoms with Crippen LogP contribution in [0, 0.1) is 0 Å². The second-order valence-corrected chi connectivity index (χ2v) is 17.0. The molecule has 0 N–H and O–H groups in total. The molecule has 0 amide bonds. The fraction of sp³-hybridized carbons (Fsp3) is 0. The van der Waals surface area contributed by atoms with E-state index >= 15 is 0 Å². The third kappa shape index (κ3) is 5.66. The number of rotatable bonds is 6.